The fourth-order valence-corrected chi connectivity index (χ4v) is 4.08. The lowest BCUT2D eigenvalue weighted by molar-refractivity contribution is -0.153. The maximum Gasteiger partial charge on any atom is 0.335 e. The number of ether oxygens (including phenoxy) is 1. The number of aliphatic hydroxyl groups is 1. The van der Waals surface area contributed by atoms with Crippen molar-refractivity contribution in [1.29, 1.82) is 0 Å². The van der Waals surface area contributed by atoms with E-state index >= 15 is 0 Å². The molecule has 0 aliphatic rings. The number of para-hydroxylation sites is 1. The fraction of sp³-hybridized carbons (Fsp3) is 0.207. The first kappa shape index (κ1) is 25.7. The molecule has 3 aromatic carbocycles. The summed E-state index contributed by atoms with van der Waals surface area (Å²) in [5.41, 5.74) is 4.20. The Labute approximate surface area is 214 Å². The molecule has 37 heavy (non-hydrogen) atoms. The van der Waals surface area contributed by atoms with Gasteiger partial charge >= 0.3 is 5.97 Å². The molecule has 0 aliphatic carbocycles. The van der Waals surface area contributed by atoms with E-state index in [1.807, 2.05) is 54.6 Å². The lowest BCUT2D eigenvalue weighted by atomic mass is 9.97. The molecule has 0 bridgehead atoms. The summed E-state index contributed by atoms with van der Waals surface area (Å²) >= 11 is 0. The summed E-state index contributed by atoms with van der Waals surface area (Å²) in [5.74, 6) is -1.14. The molecule has 1 amide bonds. The van der Waals surface area contributed by atoms with Crippen LogP contribution in [0.3, 0.4) is 0 Å². The molecule has 8 nitrogen and oxygen atoms in total. The Morgan fingerprint density at radius 1 is 0.973 bits per heavy atom. The summed E-state index contributed by atoms with van der Waals surface area (Å²) in [4.78, 5) is 25.1. The van der Waals surface area contributed by atoms with Crippen LogP contribution in [0.15, 0.2) is 84.9 Å². The molecule has 0 radical (unpaired) electrons. The number of benzene rings is 3. The van der Waals surface area contributed by atoms with E-state index < -0.39 is 24.0 Å². The number of hydrogen-bond acceptors (Lipinski definition) is 6. The van der Waals surface area contributed by atoms with Crippen LogP contribution >= 0.6 is 0 Å². The number of phenols is 1. The predicted octanol–water partition coefficient (Wildman–Crippen LogP) is 4.10. The van der Waals surface area contributed by atoms with Crippen LogP contribution in [0.4, 0.5) is 0 Å². The van der Waals surface area contributed by atoms with Crippen LogP contribution in [0.2, 0.25) is 0 Å². The maximum absolute atomic E-state index is 13.0. The Morgan fingerprint density at radius 3 is 2.35 bits per heavy atom. The number of nitrogens with zero attached hydrogens (tertiary/aromatic N) is 1. The average Bonchev–Trinajstić information content (AvgIpc) is 3.40. The van der Waals surface area contributed by atoms with Crippen LogP contribution in [0.25, 0.3) is 22.4 Å². The van der Waals surface area contributed by atoms with Gasteiger partial charge in [-0.25, -0.2) is 4.79 Å². The van der Waals surface area contributed by atoms with E-state index in [4.69, 9.17) is 4.74 Å². The van der Waals surface area contributed by atoms with Gasteiger partial charge in [0, 0.05) is 18.0 Å². The highest BCUT2D eigenvalue weighted by atomic mass is 16.5. The van der Waals surface area contributed by atoms with E-state index in [1.54, 1.807) is 31.2 Å². The zero-order valence-electron chi connectivity index (χ0n) is 20.4. The minimum Gasteiger partial charge on any atom is -0.507 e. The van der Waals surface area contributed by atoms with Crippen LogP contribution in [-0.2, 0) is 16.0 Å². The number of aromatic amines is 1. The van der Waals surface area contributed by atoms with Gasteiger partial charge in [0.15, 0.2) is 11.8 Å². The summed E-state index contributed by atoms with van der Waals surface area (Å²) in [6, 6.07) is 25.6. The van der Waals surface area contributed by atoms with Crippen LogP contribution in [-0.4, -0.2) is 51.0 Å². The molecule has 0 spiro atoms. The second-order valence-electron chi connectivity index (χ2n) is 8.63. The molecule has 0 saturated carbocycles. The van der Waals surface area contributed by atoms with Gasteiger partial charge in [-0.3, -0.25) is 9.89 Å². The summed E-state index contributed by atoms with van der Waals surface area (Å²) in [6.45, 7) is 1.81. The fourth-order valence-electron chi connectivity index (χ4n) is 4.08. The van der Waals surface area contributed by atoms with Crippen LogP contribution in [0.1, 0.15) is 29.4 Å². The first-order valence-corrected chi connectivity index (χ1v) is 12.1. The van der Waals surface area contributed by atoms with Crippen molar-refractivity contribution in [2.24, 2.45) is 0 Å². The number of aromatic nitrogens is 2. The molecule has 4 N–H and O–H groups in total. The van der Waals surface area contributed by atoms with E-state index in [2.05, 4.69) is 15.5 Å². The van der Waals surface area contributed by atoms with Gasteiger partial charge in [-0.1, -0.05) is 66.7 Å². The first-order chi connectivity index (χ1) is 17.9. The molecule has 190 valence electrons. The number of phenolic OH excluding ortho intramolecular Hbond substituents is 1. The van der Waals surface area contributed by atoms with E-state index in [1.165, 1.54) is 6.07 Å². The average molecular weight is 500 g/mol. The van der Waals surface area contributed by atoms with Crippen molar-refractivity contribution in [1.82, 2.24) is 15.5 Å². The smallest absolute Gasteiger partial charge is 0.335 e. The SMILES string of the molecule is CCOC(=O)[C@H](O)C[C@@H](Cc1ccc(-c2ccccc2)cc1)NC(=O)c1cc(-c2ccccc2O)[nH]n1. The van der Waals surface area contributed by atoms with Crippen molar-refractivity contribution in [2.75, 3.05) is 6.61 Å². The number of rotatable bonds is 10. The third-order valence-electron chi connectivity index (χ3n) is 5.95. The summed E-state index contributed by atoms with van der Waals surface area (Å²) in [6.07, 6.45) is -1.03. The largest absolute Gasteiger partial charge is 0.507 e. The third-order valence-corrected chi connectivity index (χ3v) is 5.95. The number of aromatic hydroxyl groups is 1. The van der Waals surface area contributed by atoms with Crippen molar-refractivity contribution in [3.8, 4) is 28.1 Å². The highest BCUT2D eigenvalue weighted by Gasteiger charge is 2.25. The highest BCUT2D eigenvalue weighted by Crippen LogP contribution is 2.27. The Kier molecular flexibility index (Phi) is 8.33. The number of amides is 1. The van der Waals surface area contributed by atoms with Crippen molar-refractivity contribution in [3.63, 3.8) is 0 Å². The Morgan fingerprint density at radius 2 is 1.65 bits per heavy atom. The van der Waals surface area contributed by atoms with Gasteiger partial charge in [-0.15, -0.1) is 0 Å². The Balaban J connectivity index is 1.50. The molecule has 0 aliphatic heterocycles. The number of hydrogen-bond donors (Lipinski definition) is 4. The van der Waals surface area contributed by atoms with Gasteiger partial charge in [0.25, 0.3) is 5.91 Å². The van der Waals surface area contributed by atoms with E-state index in [0.717, 1.165) is 16.7 Å². The molecule has 2 atom stereocenters. The molecule has 1 aromatic heterocycles. The second kappa shape index (κ2) is 12.0. The number of carbonyl (C=O) groups excluding carboxylic acids is 2. The van der Waals surface area contributed by atoms with Crippen molar-refractivity contribution in [2.45, 2.75) is 31.9 Å². The summed E-state index contributed by atoms with van der Waals surface area (Å²) in [5, 5.41) is 30.2. The van der Waals surface area contributed by atoms with E-state index in [9.17, 15) is 19.8 Å². The van der Waals surface area contributed by atoms with Gasteiger partial charge in [0.1, 0.15) is 5.75 Å². The van der Waals surface area contributed by atoms with Crippen LogP contribution < -0.4 is 5.32 Å². The van der Waals surface area contributed by atoms with Gasteiger partial charge in [0.05, 0.1) is 12.3 Å². The molecule has 4 rings (SSSR count). The highest BCUT2D eigenvalue weighted by molar-refractivity contribution is 5.93. The number of nitrogens with one attached hydrogen (secondary N) is 2. The molecule has 0 unspecified atom stereocenters. The molecular formula is C29H29N3O5. The maximum atomic E-state index is 13.0. The van der Waals surface area contributed by atoms with Gasteiger partial charge in [-0.2, -0.15) is 5.10 Å². The van der Waals surface area contributed by atoms with Gasteiger partial charge < -0.3 is 20.3 Å². The molecule has 1 heterocycles. The molecule has 0 fully saturated rings. The zero-order valence-corrected chi connectivity index (χ0v) is 20.4. The standard InChI is InChI=1S/C29H29N3O5/c1-2-37-29(36)27(34)17-22(16-19-12-14-21(15-13-19)20-8-4-3-5-9-20)30-28(35)25-18-24(31-32-25)23-10-6-7-11-26(23)33/h3-15,18,22,27,33-34H,2,16-17H2,1H3,(H,30,35)(H,31,32)/t22-,27-/m1/s1. The molecule has 0 saturated heterocycles. The van der Waals surface area contributed by atoms with Crippen molar-refractivity contribution < 1.29 is 24.5 Å². The topological polar surface area (TPSA) is 125 Å². The quantitative estimate of drug-likeness (QED) is 0.244. The second-order valence-corrected chi connectivity index (χ2v) is 8.63. The van der Waals surface area contributed by atoms with E-state index in [-0.39, 0.29) is 24.5 Å². The Bertz CT molecular complexity index is 1340. The van der Waals surface area contributed by atoms with E-state index in [0.29, 0.717) is 17.7 Å². The number of esters is 1. The minimum absolute atomic E-state index is 0.0260. The Hall–Kier alpha value is -4.43. The van der Waals surface area contributed by atoms with Crippen LogP contribution in [0, 0.1) is 0 Å². The van der Waals surface area contributed by atoms with Crippen molar-refractivity contribution in [3.05, 3.63) is 96.2 Å². The lowest BCUT2D eigenvalue weighted by Crippen LogP contribution is -2.41. The van der Waals surface area contributed by atoms with Gasteiger partial charge in [0.2, 0.25) is 0 Å². The number of H-pyrrole nitrogens is 1. The van der Waals surface area contributed by atoms with Crippen LogP contribution in [0.5, 0.6) is 5.75 Å². The predicted molar refractivity (Wildman–Crippen MR) is 140 cm³/mol. The monoisotopic (exact) mass is 499 g/mol. The normalized spacial score (nSPS) is 12.5. The molecular weight excluding hydrogens is 470 g/mol. The summed E-state index contributed by atoms with van der Waals surface area (Å²) < 4.78 is 4.93. The minimum atomic E-state index is -1.38. The molecule has 8 heteroatoms. The zero-order chi connectivity index (χ0) is 26.2. The summed E-state index contributed by atoms with van der Waals surface area (Å²) in [7, 11) is 0. The number of carbonyl (C=O) groups is 2. The number of aliphatic hydroxyl groups excluding tert-OH is 1. The lowest BCUT2D eigenvalue weighted by Gasteiger charge is -2.21. The first-order valence-electron chi connectivity index (χ1n) is 12.1. The molecule has 4 aromatic rings. The van der Waals surface area contributed by atoms with Crippen molar-refractivity contribution >= 4 is 11.9 Å². The third kappa shape index (κ3) is 6.62. The van der Waals surface area contributed by atoms with Gasteiger partial charge in [-0.05, 0) is 48.2 Å².